The molecule has 24 heavy (non-hydrogen) atoms. The smallest absolute Gasteiger partial charge is 0.185 e. The van der Waals surface area contributed by atoms with Crippen LogP contribution in [0.3, 0.4) is 0 Å². The van der Waals surface area contributed by atoms with E-state index in [2.05, 4.69) is 17.4 Å². The molecule has 0 saturated carbocycles. The second kappa shape index (κ2) is 7.47. The minimum atomic E-state index is -0.763. The summed E-state index contributed by atoms with van der Waals surface area (Å²) >= 11 is 0. The minimum absolute atomic E-state index is 0.169. The van der Waals surface area contributed by atoms with E-state index in [9.17, 15) is 5.11 Å². The van der Waals surface area contributed by atoms with Gasteiger partial charge in [0.15, 0.2) is 12.6 Å². The van der Waals surface area contributed by atoms with E-state index in [1.807, 2.05) is 18.2 Å². The quantitative estimate of drug-likeness (QED) is 0.842. The Morgan fingerprint density at radius 1 is 1.17 bits per heavy atom. The number of hydrogen-bond donors (Lipinski definition) is 2. The predicted octanol–water partition coefficient (Wildman–Crippen LogP) is 1.17. The first-order valence-corrected chi connectivity index (χ1v) is 8.81. The summed E-state index contributed by atoms with van der Waals surface area (Å²) in [7, 11) is 0. The van der Waals surface area contributed by atoms with Gasteiger partial charge >= 0.3 is 0 Å². The van der Waals surface area contributed by atoms with Crippen LogP contribution in [0.2, 0.25) is 0 Å². The summed E-state index contributed by atoms with van der Waals surface area (Å²) in [6.45, 7) is 1.84. The number of rotatable bonds is 5. The standard InChI is InChI=1S/C18H25NO5/c20-16-15(19-10-12-6-2-1-3-7-12)17(13-11-22-18(16)23-13)24-14-8-4-5-9-21-14/h1-3,6-7,13-20H,4-5,8-11H2/t13-,14?,15+,16+,17+,18-/m1/s1. The Morgan fingerprint density at radius 3 is 2.83 bits per heavy atom. The molecule has 3 aliphatic heterocycles. The molecule has 3 heterocycles. The van der Waals surface area contributed by atoms with Crippen molar-refractivity contribution in [2.75, 3.05) is 13.2 Å². The van der Waals surface area contributed by atoms with E-state index in [1.165, 1.54) is 0 Å². The Balaban J connectivity index is 1.45. The normalized spacial score (nSPS) is 39.0. The van der Waals surface area contributed by atoms with Gasteiger partial charge in [0.1, 0.15) is 18.3 Å². The second-order valence-corrected chi connectivity index (χ2v) is 6.66. The minimum Gasteiger partial charge on any atom is -0.386 e. The molecule has 2 N–H and O–H groups in total. The van der Waals surface area contributed by atoms with E-state index >= 15 is 0 Å². The van der Waals surface area contributed by atoms with Crippen LogP contribution >= 0.6 is 0 Å². The van der Waals surface area contributed by atoms with Gasteiger partial charge in [-0.05, 0) is 24.8 Å². The van der Waals surface area contributed by atoms with E-state index in [4.69, 9.17) is 18.9 Å². The summed E-state index contributed by atoms with van der Waals surface area (Å²) < 4.78 is 23.2. The average Bonchev–Trinajstić information content (AvgIpc) is 3.08. The van der Waals surface area contributed by atoms with Crippen molar-refractivity contribution in [3.05, 3.63) is 35.9 Å². The highest BCUT2D eigenvalue weighted by molar-refractivity contribution is 5.15. The third-order valence-electron chi connectivity index (χ3n) is 4.93. The number of ether oxygens (including phenoxy) is 4. The van der Waals surface area contributed by atoms with Crippen molar-refractivity contribution < 1.29 is 24.1 Å². The van der Waals surface area contributed by atoms with E-state index < -0.39 is 12.4 Å². The largest absolute Gasteiger partial charge is 0.386 e. The highest BCUT2D eigenvalue weighted by Crippen LogP contribution is 2.32. The molecule has 3 saturated heterocycles. The molecule has 0 amide bonds. The van der Waals surface area contributed by atoms with Gasteiger partial charge in [0, 0.05) is 13.2 Å². The lowest BCUT2D eigenvalue weighted by Gasteiger charge is -2.41. The first-order valence-electron chi connectivity index (χ1n) is 8.81. The number of hydrogen-bond acceptors (Lipinski definition) is 6. The fraction of sp³-hybridized carbons (Fsp3) is 0.667. The van der Waals surface area contributed by atoms with Crippen LogP contribution in [0.15, 0.2) is 30.3 Å². The molecule has 4 rings (SSSR count). The molecular weight excluding hydrogens is 310 g/mol. The van der Waals surface area contributed by atoms with Gasteiger partial charge in [-0.1, -0.05) is 30.3 Å². The molecule has 2 bridgehead atoms. The summed E-state index contributed by atoms with van der Waals surface area (Å²) in [5.74, 6) is 0. The Bertz CT molecular complexity index is 521. The first-order chi connectivity index (χ1) is 11.8. The van der Waals surface area contributed by atoms with Crippen molar-refractivity contribution in [1.82, 2.24) is 5.32 Å². The fourth-order valence-electron chi connectivity index (χ4n) is 3.62. The second-order valence-electron chi connectivity index (χ2n) is 6.66. The van der Waals surface area contributed by atoms with Crippen LogP contribution in [-0.2, 0) is 25.5 Å². The lowest BCUT2D eigenvalue weighted by atomic mass is 9.97. The Morgan fingerprint density at radius 2 is 2.04 bits per heavy atom. The van der Waals surface area contributed by atoms with Crippen molar-refractivity contribution in [1.29, 1.82) is 0 Å². The Hall–Kier alpha value is -1.02. The van der Waals surface area contributed by atoms with E-state index in [-0.39, 0.29) is 24.5 Å². The molecule has 3 aliphatic rings. The van der Waals surface area contributed by atoms with E-state index in [0.29, 0.717) is 13.2 Å². The number of fused-ring (bicyclic) bond motifs is 2. The van der Waals surface area contributed by atoms with Gasteiger partial charge in [-0.15, -0.1) is 0 Å². The third kappa shape index (κ3) is 3.49. The SMILES string of the molecule is O[C@@H]1[C@@H]2OC[C@@H](O2)[C@H](OC2CCCCO2)[C@H]1NCc1ccccc1. The maximum atomic E-state index is 10.6. The topological polar surface area (TPSA) is 69.2 Å². The van der Waals surface area contributed by atoms with Crippen molar-refractivity contribution in [3.63, 3.8) is 0 Å². The van der Waals surface area contributed by atoms with Crippen LogP contribution in [0.5, 0.6) is 0 Å². The molecule has 0 spiro atoms. The maximum Gasteiger partial charge on any atom is 0.185 e. The molecule has 0 radical (unpaired) electrons. The van der Waals surface area contributed by atoms with Gasteiger partial charge < -0.3 is 29.4 Å². The molecule has 6 nitrogen and oxygen atoms in total. The molecule has 0 aliphatic carbocycles. The number of aliphatic hydroxyl groups excluding tert-OH is 1. The monoisotopic (exact) mass is 335 g/mol. The zero-order valence-electron chi connectivity index (χ0n) is 13.7. The van der Waals surface area contributed by atoms with Gasteiger partial charge in [0.2, 0.25) is 0 Å². The van der Waals surface area contributed by atoms with Gasteiger partial charge in [-0.3, -0.25) is 0 Å². The Kier molecular flexibility index (Phi) is 5.12. The molecule has 1 aromatic rings. The molecule has 1 unspecified atom stereocenters. The Labute approximate surface area is 142 Å². The van der Waals surface area contributed by atoms with E-state index in [1.54, 1.807) is 0 Å². The average molecular weight is 335 g/mol. The lowest BCUT2D eigenvalue weighted by molar-refractivity contribution is -0.255. The van der Waals surface area contributed by atoms with E-state index in [0.717, 1.165) is 31.4 Å². The summed E-state index contributed by atoms with van der Waals surface area (Å²) in [6, 6.07) is 9.88. The molecule has 6 heteroatoms. The fourth-order valence-corrected chi connectivity index (χ4v) is 3.62. The zero-order chi connectivity index (χ0) is 16.4. The van der Waals surface area contributed by atoms with Crippen LogP contribution < -0.4 is 5.32 Å². The number of nitrogens with one attached hydrogen (secondary N) is 1. The third-order valence-corrected chi connectivity index (χ3v) is 4.93. The van der Waals surface area contributed by atoms with Crippen molar-refractivity contribution in [3.8, 4) is 0 Å². The summed E-state index contributed by atoms with van der Waals surface area (Å²) in [5, 5.41) is 14.0. The van der Waals surface area contributed by atoms with Gasteiger partial charge in [-0.25, -0.2) is 0 Å². The van der Waals surface area contributed by atoms with Crippen molar-refractivity contribution in [2.45, 2.75) is 62.7 Å². The molecule has 0 aromatic heterocycles. The lowest BCUT2D eigenvalue weighted by Crippen LogP contribution is -2.61. The van der Waals surface area contributed by atoms with Crippen LogP contribution in [0, 0.1) is 0 Å². The maximum absolute atomic E-state index is 10.6. The van der Waals surface area contributed by atoms with Crippen LogP contribution in [0.4, 0.5) is 0 Å². The molecule has 1 aromatic carbocycles. The zero-order valence-corrected chi connectivity index (χ0v) is 13.7. The van der Waals surface area contributed by atoms with Crippen molar-refractivity contribution >= 4 is 0 Å². The highest BCUT2D eigenvalue weighted by Gasteiger charge is 2.51. The van der Waals surface area contributed by atoms with Gasteiger partial charge in [0.25, 0.3) is 0 Å². The number of aliphatic hydroxyl groups is 1. The molecule has 132 valence electrons. The summed E-state index contributed by atoms with van der Waals surface area (Å²) in [6.07, 6.45) is 1.05. The summed E-state index contributed by atoms with van der Waals surface area (Å²) in [4.78, 5) is 0. The van der Waals surface area contributed by atoms with Crippen LogP contribution in [-0.4, -0.2) is 55.3 Å². The highest BCUT2D eigenvalue weighted by atomic mass is 16.8. The molecule has 3 fully saturated rings. The van der Waals surface area contributed by atoms with Gasteiger partial charge in [-0.2, -0.15) is 0 Å². The molecular formula is C18H25NO5. The first kappa shape index (κ1) is 16.4. The predicted molar refractivity (Wildman–Crippen MR) is 86.2 cm³/mol. The molecule has 6 atom stereocenters. The van der Waals surface area contributed by atoms with Gasteiger partial charge in [0.05, 0.1) is 12.6 Å². The summed E-state index contributed by atoms with van der Waals surface area (Å²) in [5.41, 5.74) is 1.16. The number of benzene rings is 1. The van der Waals surface area contributed by atoms with Crippen LogP contribution in [0.1, 0.15) is 24.8 Å². The van der Waals surface area contributed by atoms with Crippen molar-refractivity contribution in [2.24, 2.45) is 0 Å². The van der Waals surface area contributed by atoms with Crippen LogP contribution in [0.25, 0.3) is 0 Å².